The van der Waals surface area contributed by atoms with Crippen molar-refractivity contribution in [3.8, 4) is 45.5 Å². The molecule has 8 heteroatoms. The molecular formula is C22H18N4O4. The number of carbonyl (C=O) groups excluding carboxylic acids is 1. The van der Waals surface area contributed by atoms with Crippen LogP contribution in [-0.2, 0) is 0 Å². The molecule has 1 amide bonds. The molecule has 3 heterocycles. The highest BCUT2D eigenvalue weighted by Crippen LogP contribution is 2.38. The van der Waals surface area contributed by atoms with Crippen LogP contribution in [0.1, 0.15) is 10.4 Å². The van der Waals surface area contributed by atoms with Gasteiger partial charge >= 0.3 is 0 Å². The summed E-state index contributed by atoms with van der Waals surface area (Å²) in [6.45, 7) is 0.215. The lowest BCUT2D eigenvalue weighted by atomic mass is 10.1. The van der Waals surface area contributed by atoms with Gasteiger partial charge < -0.3 is 25.7 Å². The predicted octanol–water partition coefficient (Wildman–Crippen LogP) is 2.81. The molecule has 4 aromatic rings. The number of pyridine rings is 1. The summed E-state index contributed by atoms with van der Waals surface area (Å²) in [7, 11) is 0. The third-order valence-electron chi connectivity index (χ3n) is 4.72. The second-order valence-electron chi connectivity index (χ2n) is 6.53. The summed E-state index contributed by atoms with van der Waals surface area (Å²) >= 11 is 0. The number of benzene rings is 2. The number of nitrogens with two attached hydrogens (primary N) is 1. The van der Waals surface area contributed by atoms with Crippen molar-refractivity contribution in [2.24, 2.45) is 5.73 Å². The first kappa shape index (κ1) is 19.2. The molecule has 5 N–H and O–H groups in total. The monoisotopic (exact) mass is 402 g/mol. The maximum atomic E-state index is 11.3. The Labute approximate surface area is 171 Å². The fourth-order valence-electron chi connectivity index (χ4n) is 3.25. The van der Waals surface area contributed by atoms with Crippen molar-refractivity contribution >= 4 is 5.91 Å². The maximum Gasteiger partial charge on any atom is 0.248 e. The largest absolute Gasteiger partial charge is 0.454 e. The summed E-state index contributed by atoms with van der Waals surface area (Å²) in [6.07, 6.45) is 1.73. The number of amides is 1. The minimum atomic E-state index is -0.466. The smallest absolute Gasteiger partial charge is 0.248 e. The number of ether oxygens (including phenoxy) is 2. The van der Waals surface area contributed by atoms with E-state index in [1.54, 1.807) is 18.3 Å². The topological polar surface area (TPSA) is 135 Å². The number of aromatic amines is 1. The van der Waals surface area contributed by atoms with Crippen molar-refractivity contribution < 1.29 is 19.7 Å². The molecule has 0 saturated carbocycles. The number of H-pyrrole nitrogens is 1. The first-order chi connectivity index (χ1) is 14.2. The highest BCUT2D eigenvalue weighted by atomic mass is 16.7. The van der Waals surface area contributed by atoms with Gasteiger partial charge in [0, 0.05) is 22.9 Å². The summed E-state index contributed by atoms with van der Waals surface area (Å²) in [4.78, 5) is 24.0. The quantitative estimate of drug-likeness (QED) is 0.541. The predicted molar refractivity (Wildman–Crippen MR) is 111 cm³/mol. The molecule has 0 fully saturated rings. The highest BCUT2D eigenvalue weighted by Gasteiger charge is 2.20. The van der Waals surface area contributed by atoms with E-state index in [1.807, 2.05) is 48.5 Å². The highest BCUT2D eigenvalue weighted by molar-refractivity contribution is 5.93. The lowest BCUT2D eigenvalue weighted by molar-refractivity contribution is 0.100. The van der Waals surface area contributed by atoms with E-state index >= 15 is 0 Å². The van der Waals surface area contributed by atoms with Crippen molar-refractivity contribution in [3.05, 3.63) is 72.4 Å². The van der Waals surface area contributed by atoms with Gasteiger partial charge in [0.2, 0.25) is 12.7 Å². The van der Waals surface area contributed by atoms with Crippen molar-refractivity contribution in [2.75, 3.05) is 6.79 Å². The molecule has 2 aromatic heterocycles. The number of fused-ring (bicyclic) bond motifs is 1. The lowest BCUT2D eigenvalue weighted by Gasteiger charge is -2.04. The minimum Gasteiger partial charge on any atom is -0.454 e. The third kappa shape index (κ3) is 3.36. The molecule has 1 aliphatic heterocycles. The SMILES string of the molecule is NC(=O)c1ccc(-c2nc(-c3ccccn3)c(-c3ccc4c(c3)OCO4)[nH]2)cc1.O. The molecule has 8 nitrogen and oxygen atoms in total. The first-order valence-corrected chi connectivity index (χ1v) is 9.01. The fraction of sp³-hybridized carbons (Fsp3) is 0.0455. The molecular weight excluding hydrogens is 384 g/mol. The molecule has 30 heavy (non-hydrogen) atoms. The van der Waals surface area contributed by atoms with Gasteiger partial charge in [0.05, 0.1) is 11.4 Å². The van der Waals surface area contributed by atoms with Gasteiger partial charge in [0.1, 0.15) is 11.5 Å². The molecule has 0 bridgehead atoms. The molecule has 2 aromatic carbocycles. The number of primary amides is 1. The van der Waals surface area contributed by atoms with E-state index in [0.29, 0.717) is 17.1 Å². The summed E-state index contributed by atoms with van der Waals surface area (Å²) in [5, 5.41) is 0. The normalized spacial score (nSPS) is 11.7. The van der Waals surface area contributed by atoms with E-state index in [2.05, 4.69) is 9.97 Å². The van der Waals surface area contributed by atoms with E-state index in [-0.39, 0.29) is 12.3 Å². The zero-order valence-corrected chi connectivity index (χ0v) is 15.8. The number of hydrogen-bond acceptors (Lipinski definition) is 5. The number of nitrogens with zero attached hydrogens (tertiary/aromatic N) is 2. The van der Waals surface area contributed by atoms with Gasteiger partial charge in [-0.3, -0.25) is 9.78 Å². The van der Waals surface area contributed by atoms with Gasteiger partial charge in [0.15, 0.2) is 11.5 Å². The maximum absolute atomic E-state index is 11.3. The number of rotatable bonds is 4. The fourth-order valence-corrected chi connectivity index (χ4v) is 3.25. The van der Waals surface area contributed by atoms with Crippen LogP contribution in [0.2, 0.25) is 0 Å². The summed E-state index contributed by atoms with van der Waals surface area (Å²) in [6, 6.07) is 18.4. The Bertz CT molecular complexity index is 1200. The summed E-state index contributed by atoms with van der Waals surface area (Å²) in [5.74, 6) is 1.60. The number of nitrogens with one attached hydrogen (secondary N) is 1. The molecule has 0 atom stereocenters. The Hall–Kier alpha value is -4.17. The Morgan fingerprint density at radius 1 is 0.967 bits per heavy atom. The van der Waals surface area contributed by atoms with Crippen molar-refractivity contribution in [1.29, 1.82) is 0 Å². The zero-order chi connectivity index (χ0) is 19.8. The minimum absolute atomic E-state index is 0. The van der Waals surface area contributed by atoms with E-state index in [0.717, 1.165) is 34.0 Å². The molecule has 0 unspecified atom stereocenters. The average Bonchev–Trinajstić information content (AvgIpc) is 3.41. The van der Waals surface area contributed by atoms with E-state index in [4.69, 9.17) is 20.2 Å². The van der Waals surface area contributed by atoms with Crippen molar-refractivity contribution in [3.63, 3.8) is 0 Å². The van der Waals surface area contributed by atoms with Crippen LogP contribution in [0.25, 0.3) is 34.0 Å². The van der Waals surface area contributed by atoms with Crippen LogP contribution in [-0.4, -0.2) is 33.1 Å². The van der Waals surface area contributed by atoms with Gasteiger partial charge in [0.25, 0.3) is 0 Å². The van der Waals surface area contributed by atoms with Gasteiger partial charge in [-0.25, -0.2) is 4.98 Å². The van der Waals surface area contributed by atoms with Crippen LogP contribution >= 0.6 is 0 Å². The Morgan fingerprint density at radius 3 is 2.47 bits per heavy atom. The average molecular weight is 402 g/mol. The van der Waals surface area contributed by atoms with Crippen molar-refractivity contribution in [2.45, 2.75) is 0 Å². The van der Waals surface area contributed by atoms with Crippen LogP contribution in [0.15, 0.2) is 66.9 Å². The van der Waals surface area contributed by atoms with Gasteiger partial charge in [-0.1, -0.05) is 18.2 Å². The second-order valence-corrected chi connectivity index (χ2v) is 6.53. The molecule has 0 aliphatic carbocycles. The van der Waals surface area contributed by atoms with E-state index in [1.165, 1.54) is 0 Å². The van der Waals surface area contributed by atoms with Gasteiger partial charge in [-0.15, -0.1) is 0 Å². The molecule has 1 aliphatic rings. The molecule has 150 valence electrons. The number of aromatic nitrogens is 3. The molecule has 0 radical (unpaired) electrons. The number of carbonyl (C=O) groups is 1. The van der Waals surface area contributed by atoms with Crippen molar-refractivity contribution in [1.82, 2.24) is 15.0 Å². The lowest BCUT2D eigenvalue weighted by Crippen LogP contribution is -2.10. The second kappa shape index (κ2) is 7.69. The standard InChI is InChI=1S/C22H16N4O3.H2O/c23-21(27)13-4-6-14(7-5-13)22-25-19(20(26-22)16-3-1-2-10-24-16)15-8-9-17-18(11-15)29-12-28-17;/h1-11H,12H2,(H2,23,27)(H,25,26);1H2. The first-order valence-electron chi connectivity index (χ1n) is 9.01. The van der Waals surface area contributed by atoms with Crippen LogP contribution in [0.3, 0.4) is 0 Å². The van der Waals surface area contributed by atoms with E-state index in [9.17, 15) is 4.79 Å². The summed E-state index contributed by atoms with van der Waals surface area (Å²) in [5.41, 5.74) is 9.80. The van der Waals surface area contributed by atoms with Crippen LogP contribution in [0.5, 0.6) is 11.5 Å². The van der Waals surface area contributed by atoms with Crippen LogP contribution in [0.4, 0.5) is 0 Å². The van der Waals surface area contributed by atoms with E-state index < -0.39 is 5.91 Å². The van der Waals surface area contributed by atoms with Crippen LogP contribution in [0, 0.1) is 0 Å². The molecule has 5 rings (SSSR count). The molecule has 0 saturated heterocycles. The van der Waals surface area contributed by atoms with Crippen LogP contribution < -0.4 is 15.2 Å². The Kier molecular flexibility index (Phi) is 4.91. The third-order valence-corrected chi connectivity index (χ3v) is 4.72. The number of imidazole rings is 1. The number of hydrogen-bond donors (Lipinski definition) is 2. The molecule has 0 spiro atoms. The Balaban J connectivity index is 0.00000218. The van der Waals surface area contributed by atoms with Gasteiger partial charge in [-0.05, 0) is 42.5 Å². The summed E-state index contributed by atoms with van der Waals surface area (Å²) < 4.78 is 10.9. The van der Waals surface area contributed by atoms with Gasteiger partial charge in [-0.2, -0.15) is 0 Å². The Morgan fingerprint density at radius 2 is 1.73 bits per heavy atom. The zero-order valence-electron chi connectivity index (χ0n) is 15.8.